The molecule has 0 radical (unpaired) electrons. The largest absolute Gasteiger partial charge is 0.417 e. The first-order valence-electron chi connectivity index (χ1n) is 6.33. The third-order valence-corrected chi connectivity index (χ3v) is 4.22. The van der Waals surface area contributed by atoms with Crippen LogP contribution in [0.15, 0.2) is 12.3 Å². The molecule has 2 fully saturated rings. The van der Waals surface area contributed by atoms with Gasteiger partial charge >= 0.3 is 6.18 Å². The fraction of sp³-hybridized carbons (Fsp3) is 0.615. The number of halogens is 4. The van der Waals surface area contributed by atoms with Gasteiger partial charge in [0.1, 0.15) is 11.7 Å². The molecule has 104 valence electrons. The summed E-state index contributed by atoms with van der Waals surface area (Å²) in [5.41, 5.74) is -0.749. The van der Waals surface area contributed by atoms with Gasteiger partial charge in [-0.1, -0.05) is 30.9 Å². The van der Waals surface area contributed by atoms with Crippen molar-refractivity contribution in [3.8, 4) is 0 Å². The van der Waals surface area contributed by atoms with Gasteiger partial charge < -0.3 is 4.74 Å². The van der Waals surface area contributed by atoms with Crippen LogP contribution < -0.4 is 0 Å². The van der Waals surface area contributed by atoms with E-state index in [1.54, 1.807) is 0 Å². The van der Waals surface area contributed by atoms with Crippen LogP contribution in [-0.4, -0.2) is 10.6 Å². The molecule has 1 saturated carbocycles. The SMILES string of the molecule is FC(F)(F)c1cc(C2OC23CCCCC3)ncc1Cl. The minimum atomic E-state index is -4.45. The summed E-state index contributed by atoms with van der Waals surface area (Å²) in [6.07, 6.45) is 1.42. The molecule has 2 aliphatic rings. The van der Waals surface area contributed by atoms with Gasteiger partial charge in [0, 0.05) is 6.20 Å². The molecule has 3 rings (SSSR count). The summed E-state index contributed by atoms with van der Waals surface area (Å²) in [6, 6.07) is 1.02. The fourth-order valence-corrected chi connectivity index (χ4v) is 3.09. The Morgan fingerprint density at radius 3 is 2.58 bits per heavy atom. The Hall–Kier alpha value is -0.810. The maximum absolute atomic E-state index is 12.8. The fourth-order valence-electron chi connectivity index (χ4n) is 2.88. The number of hydrogen-bond acceptors (Lipinski definition) is 2. The summed E-state index contributed by atoms with van der Waals surface area (Å²) < 4.78 is 44.0. The lowest BCUT2D eigenvalue weighted by molar-refractivity contribution is -0.137. The normalized spacial score (nSPS) is 25.6. The minimum absolute atomic E-state index is 0.262. The van der Waals surface area contributed by atoms with Crippen molar-refractivity contribution in [2.45, 2.75) is 50.0 Å². The first-order valence-corrected chi connectivity index (χ1v) is 6.71. The lowest BCUT2D eigenvalue weighted by Gasteiger charge is -2.18. The Morgan fingerprint density at radius 2 is 1.95 bits per heavy atom. The predicted molar refractivity (Wildman–Crippen MR) is 63.9 cm³/mol. The summed E-state index contributed by atoms with van der Waals surface area (Å²) >= 11 is 5.56. The monoisotopic (exact) mass is 291 g/mol. The highest BCUT2D eigenvalue weighted by Gasteiger charge is 2.57. The minimum Gasteiger partial charge on any atom is -0.359 e. The molecule has 0 bridgehead atoms. The molecule has 19 heavy (non-hydrogen) atoms. The summed E-state index contributed by atoms with van der Waals surface area (Å²) in [4.78, 5) is 4.01. The van der Waals surface area contributed by atoms with E-state index in [9.17, 15) is 13.2 Å². The molecule has 1 aromatic rings. The molecule has 1 unspecified atom stereocenters. The zero-order valence-corrected chi connectivity index (χ0v) is 10.9. The standard InChI is InChI=1S/C13H13ClF3NO/c14-9-7-18-10(6-8(9)13(15,16)17)11-12(19-11)4-2-1-3-5-12/h6-7,11H,1-5H2. The lowest BCUT2D eigenvalue weighted by atomic mass is 9.85. The van der Waals surface area contributed by atoms with Crippen LogP contribution >= 0.6 is 11.6 Å². The van der Waals surface area contributed by atoms with Crippen molar-refractivity contribution in [1.29, 1.82) is 0 Å². The molecule has 0 aromatic carbocycles. The van der Waals surface area contributed by atoms with Crippen molar-refractivity contribution in [3.05, 3.63) is 28.5 Å². The van der Waals surface area contributed by atoms with Crippen molar-refractivity contribution in [3.63, 3.8) is 0 Å². The number of alkyl halides is 3. The van der Waals surface area contributed by atoms with Gasteiger partial charge in [-0.25, -0.2) is 0 Å². The number of rotatable bonds is 1. The van der Waals surface area contributed by atoms with E-state index >= 15 is 0 Å². The molecule has 1 saturated heterocycles. The Balaban J connectivity index is 1.87. The van der Waals surface area contributed by atoms with Gasteiger partial charge in [0.15, 0.2) is 0 Å². The highest BCUT2D eigenvalue weighted by molar-refractivity contribution is 6.31. The predicted octanol–water partition coefficient (Wildman–Crippen LogP) is 4.53. The smallest absolute Gasteiger partial charge is 0.359 e. The Morgan fingerprint density at radius 1 is 1.26 bits per heavy atom. The van der Waals surface area contributed by atoms with Crippen LogP contribution in [0, 0.1) is 0 Å². The van der Waals surface area contributed by atoms with Crippen LogP contribution in [-0.2, 0) is 10.9 Å². The van der Waals surface area contributed by atoms with E-state index in [0.717, 1.165) is 37.9 Å². The topological polar surface area (TPSA) is 25.4 Å². The molecular formula is C13H13ClF3NO. The average molecular weight is 292 g/mol. The lowest BCUT2D eigenvalue weighted by Crippen LogP contribution is -2.17. The van der Waals surface area contributed by atoms with Gasteiger partial charge in [-0.2, -0.15) is 13.2 Å². The first kappa shape index (κ1) is 13.2. The maximum atomic E-state index is 12.8. The van der Waals surface area contributed by atoms with E-state index in [2.05, 4.69) is 4.98 Å². The second-order valence-corrected chi connectivity index (χ2v) is 5.62. The van der Waals surface area contributed by atoms with E-state index in [1.165, 1.54) is 6.42 Å². The Labute approximate surface area is 113 Å². The van der Waals surface area contributed by atoms with Crippen LogP contribution in [0.3, 0.4) is 0 Å². The van der Waals surface area contributed by atoms with Crippen molar-refractivity contribution in [2.75, 3.05) is 0 Å². The Bertz CT molecular complexity index is 497. The molecule has 1 spiro atoms. The summed E-state index contributed by atoms with van der Waals surface area (Å²) in [6.45, 7) is 0. The van der Waals surface area contributed by atoms with E-state index in [4.69, 9.17) is 16.3 Å². The second kappa shape index (κ2) is 4.35. The number of pyridine rings is 1. The first-order chi connectivity index (χ1) is 8.92. The third-order valence-electron chi connectivity index (χ3n) is 3.92. The van der Waals surface area contributed by atoms with E-state index < -0.39 is 11.7 Å². The van der Waals surface area contributed by atoms with Gasteiger partial charge in [0.2, 0.25) is 0 Å². The molecule has 6 heteroatoms. The van der Waals surface area contributed by atoms with Crippen LogP contribution in [0.1, 0.15) is 49.5 Å². The number of aromatic nitrogens is 1. The molecule has 1 aromatic heterocycles. The van der Waals surface area contributed by atoms with Gasteiger partial charge in [0.05, 0.1) is 16.3 Å². The zero-order valence-electron chi connectivity index (χ0n) is 10.1. The zero-order chi connectivity index (χ0) is 13.7. The number of epoxide rings is 1. The quantitative estimate of drug-likeness (QED) is 0.710. The van der Waals surface area contributed by atoms with Crippen molar-refractivity contribution >= 4 is 11.6 Å². The highest BCUT2D eigenvalue weighted by atomic mass is 35.5. The number of nitrogens with zero attached hydrogens (tertiary/aromatic N) is 1. The summed E-state index contributed by atoms with van der Waals surface area (Å²) in [5, 5.41) is -0.366. The van der Waals surface area contributed by atoms with Crippen LogP contribution in [0.4, 0.5) is 13.2 Å². The third kappa shape index (κ3) is 2.34. The van der Waals surface area contributed by atoms with Gasteiger partial charge in [-0.05, 0) is 18.9 Å². The molecular weight excluding hydrogens is 279 g/mol. The van der Waals surface area contributed by atoms with Crippen molar-refractivity contribution in [2.24, 2.45) is 0 Å². The van der Waals surface area contributed by atoms with E-state index in [1.807, 2.05) is 0 Å². The molecule has 0 amide bonds. The van der Waals surface area contributed by atoms with Crippen LogP contribution in [0.5, 0.6) is 0 Å². The van der Waals surface area contributed by atoms with E-state index in [0.29, 0.717) is 5.69 Å². The molecule has 0 N–H and O–H groups in total. The highest BCUT2D eigenvalue weighted by Crippen LogP contribution is 2.57. The van der Waals surface area contributed by atoms with Gasteiger partial charge in [-0.15, -0.1) is 0 Å². The molecule has 1 aliphatic carbocycles. The molecule has 2 nitrogen and oxygen atoms in total. The van der Waals surface area contributed by atoms with Crippen LogP contribution in [0.2, 0.25) is 5.02 Å². The molecule has 2 heterocycles. The van der Waals surface area contributed by atoms with Gasteiger partial charge in [-0.3, -0.25) is 4.98 Å². The molecule has 1 atom stereocenters. The second-order valence-electron chi connectivity index (χ2n) is 5.21. The van der Waals surface area contributed by atoms with Crippen molar-refractivity contribution in [1.82, 2.24) is 4.98 Å². The number of ether oxygens (including phenoxy) is 1. The van der Waals surface area contributed by atoms with E-state index in [-0.39, 0.29) is 16.7 Å². The average Bonchev–Trinajstić information content (AvgIpc) is 3.03. The summed E-state index contributed by atoms with van der Waals surface area (Å²) in [5.74, 6) is 0. The molecule has 1 aliphatic heterocycles. The van der Waals surface area contributed by atoms with Gasteiger partial charge in [0.25, 0.3) is 0 Å². The number of hydrogen-bond donors (Lipinski definition) is 0. The van der Waals surface area contributed by atoms with Crippen LogP contribution in [0.25, 0.3) is 0 Å². The maximum Gasteiger partial charge on any atom is 0.417 e. The summed E-state index contributed by atoms with van der Waals surface area (Å²) in [7, 11) is 0. The Kier molecular flexibility index (Phi) is 3.02. The van der Waals surface area contributed by atoms with Crippen molar-refractivity contribution < 1.29 is 17.9 Å².